The molecular formula is C25H23BrO3S. The zero-order chi connectivity index (χ0) is 21.4. The average Bonchev–Trinajstić information content (AvgIpc) is 2.71. The van der Waals surface area contributed by atoms with E-state index in [1.807, 2.05) is 39.0 Å². The smallest absolute Gasteiger partial charge is 0.190 e. The van der Waals surface area contributed by atoms with Crippen LogP contribution in [0.15, 0.2) is 64.0 Å². The molecule has 154 valence electrons. The minimum absolute atomic E-state index is 0.372. The van der Waals surface area contributed by atoms with E-state index in [2.05, 4.69) is 52.3 Å². The summed E-state index contributed by atoms with van der Waals surface area (Å²) in [4.78, 5) is 0.698. The van der Waals surface area contributed by atoms with Crippen molar-refractivity contribution >= 4 is 48.6 Å². The van der Waals surface area contributed by atoms with Crippen molar-refractivity contribution in [1.82, 2.24) is 0 Å². The van der Waals surface area contributed by atoms with Crippen molar-refractivity contribution in [2.45, 2.75) is 25.7 Å². The van der Waals surface area contributed by atoms with Crippen LogP contribution in [0.2, 0.25) is 0 Å². The molecule has 0 saturated carbocycles. The van der Waals surface area contributed by atoms with Crippen LogP contribution >= 0.6 is 15.9 Å². The largest absolute Gasteiger partial charge is 0.496 e. The second kappa shape index (κ2) is 8.50. The molecule has 3 nitrogen and oxygen atoms in total. The van der Waals surface area contributed by atoms with Crippen molar-refractivity contribution in [3.63, 3.8) is 0 Å². The lowest BCUT2D eigenvalue weighted by Gasteiger charge is -2.21. The molecule has 0 heterocycles. The predicted molar refractivity (Wildman–Crippen MR) is 129 cm³/mol. The zero-order valence-electron chi connectivity index (χ0n) is 17.4. The molecule has 4 aromatic carbocycles. The SMILES string of the molecule is CCOS(=O)c1c(C)cc2ccccc2c1-c1c(OC)c(C)cc2cc(Br)ccc12. The van der Waals surface area contributed by atoms with E-state index in [0.717, 1.165) is 54.0 Å². The van der Waals surface area contributed by atoms with Gasteiger partial charge in [0, 0.05) is 15.6 Å². The molecule has 0 bridgehead atoms. The third kappa shape index (κ3) is 3.55. The molecule has 0 aliphatic rings. The first-order chi connectivity index (χ1) is 14.5. The molecule has 4 rings (SSSR count). The summed E-state index contributed by atoms with van der Waals surface area (Å²) in [6.07, 6.45) is 0. The summed E-state index contributed by atoms with van der Waals surface area (Å²) in [7, 11) is 1.69. The average molecular weight is 483 g/mol. The summed E-state index contributed by atoms with van der Waals surface area (Å²) < 4.78 is 25.7. The van der Waals surface area contributed by atoms with Crippen LogP contribution in [0.5, 0.6) is 5.75 Å². The maximum Gasteiger partial charge on any atom is 0.190 e. The summed E-state index contributed by atoms with van der Waals surface area (Å²) in [6.45, 7) is 6.26. The molecule has 0 N–H and O–H groups in total. The normalized spacial score (nSPS) is 12.4. The van der Waals surface area contributed by atoms with Gasteiger partial charge in [-0.1, -0.05) is 52.3 Å². The summed E-state index contributed by atoms with van der Waals surface area (Å²) >= 11 is 1.99. The van der Waals surface area contributed by atoms with Crippen molar-refractivity contribution in [3.05, 3.63) is 70.2 Å². The highest BCUT2D eigenvalue weighted by molar-refractivity contribution is 9.10. The van der Waals surface area contributed by atoms with Gasteiger partial charge in [0.05, 0.1) is 18.6 Å². The minimum Gasteiger partial charge on any atom is -0.496 e. The fourth-order valence-electron chi connectivity index (χ4n) is 4.11. The van der Waals surface area contributed by atoms with Crippen LogP contribution in [0.4, 0.5) is 0 Å². The minimum atomic E-state index is -1.59. The molecular weight excluding hydrogens is 460 g/mol. The fourth-order valence-corrected chi connectivity index (χ4v) is 5.52. The van der Waals surface area contributed by atoms with Crippen LogP contribution in [-0.2, 0) is 15.3 Å². The number of fused-ring (bicyclic) bond motifs is 2. The Morgan fingerprint density at radius 1 is 0.900 bits per heavy atom. The Morgan fingerprint density at radius 2 is 1.60 bits per heavy atom. The van der Waals surface area contributed by atoms with Gasteiger partial charge < -0.3 is 4.74 Å². The van der Waals surface area contributed by atoms with E-state index in [-0.39, 0.29) is 0 Å². The maximum atomic E-state index is 13.2. The molecule has 1 atom stereocenters. The number of hydrogen-bond donors (Lipinski definition) is 0. The van der Waals surface area contributed by atoms with Crippen LogP contribution in [0.3, 0.4) is 0 Å². The van der Waals surface area contributed by atoms with Crippen LogP contribution in [0.1, 0.15) is 18.1 Å². The predicted octanol–water partition coefficient (Wildman–Crippen LogP) is 7.11. The monoisotopic (exact) mass is 482 g/mol. The number of methoxy groups -OCH3 is 1. The number of rotatable bonds is 5. The number of aryl methyl sites for hydroxylation is 2. The molecule has 0 aliphatic heterocycles. The Bertz CT molecular complexity index is 1300. The van der Waals surface area contributed by atoms with Gasteiger partial charge in [-0.05, 0) is 71.6 Å². The van der Waals surface area contributed by atoms with Crippen LogP contribution in [0.25, 0.3) is 32.7 Å². The van der Waals surface area contributed by atoms with E-state index in [9.17, 15) is 4.21 Å². The third-order valence-corrected chi connectivity index (χ3v) is 7.08. The van der Waals surface area contributed by atoms with E-state index in [0.29, 0.717) is 11.5 Å². The molecule has 0 radical (unpaired) electrons. The molecule has 4 aromatic rings. The number of halogens is 1. The Morgan fingerprint density at radius 3 is 2.33 bits per heavy atom. The Hall–Kier alpha value is -2.21. The zero-order valence-corrected chi connectivity index (χ0v) is 19.8. The first-order valence-electron chi connectivity index (χ1n) is 9.80. The molecule has 0 saturated heterocycles. The lowest BCUT2D eigenvalue weighted by atomic mass is 9.90. The highest BCUT2D eigenvalue weighted by Crippen LogP contribution is 2.46. The molecule has 0 aliphatic carbocycles. The fraction of sp³-hybridized carbons (Fsp3) is 0.200. The van der Waals surface area contributed by atoms with E-state index < -0.39 is 11.1 Å². The van der Waals surface area contributed by atoms with Gasteiger partial charge in [-0.25, -0.2) is 4.21 Å². The van der Waals surface area contributed by atoms with Gasteiger partial charge in [0.2, 0.25) is 0 Å². The Kier molecular flexibility index (Phi) is 5.96. The second-order valence-corrected chi connectivity index (χ2v) is 9.26. The summed E-state index contributed by atoms with van der Waals surface area (Å²) in [5.41, 5.74) is 3.81. The van der Waals surface area contributed by atoms with E-state index >= 15 is 0 Å². The lowest BCUT2D eigenvalue weighted by molar-refractivity contribution is 0.371. The maximum absolute atomic E-state index is 13.2. The van der Waals surface area contributed by atoms with E-state index in [1.54, 1.807) is 7.11 Å². The molecule has 0 spiro atoms. The molecule has 0 fully saturated rings. The van der Waals surface area contributed by atoms with Crippen LogP contribution in [-0.4, -0.2) is 17.9 Å². The highest BCUT2D eigenvalue weighted by Gasteiger charge is 2.24. The highest BCUT2D eigenvalue weighted by atomic mass is 79.9. The summed E-state index contributed by atoms with van der Waals surface area (Å²) in [6, 6.07) is 18.6. The van der Waals surface area contributed by atoms with Gasteiger partial charge in [-0.15, -0.1) is 0 Å². The van der Waals surface area contributed by atoms with Crippen molar-refractivity contribution in [3.8, 4) is 16.9 Å². The van der Waals surface area contributed by atoms with Crippen molar-refractivity contribution in [2.24, 2.45) is 0 Å². The first-order valence-corrected chi connectivity index (χ1v) is 11.7. The molecule has 0 aromatic heterocycles. The first kappa shape index (κ1) is 21.0. The topological polar surface area (TPSA) is 35.5 Å². The molecule has 0 amide bonds. The van der Waals surface area contributed by atoms with Crippen molar-refractivity contribution in [2.75, 3.05) is 13.7 Å². The molecule has 5 heteroatoms. The quantitative estimate of drug-likeness (QED) is 0.304. The third-order valence-electron chi connectivity index (χ3n) is 5.27. The summed E-state index contributed by atoms with van der Waals surface area (Å²) in [5, 5.41) is 4.26. The Balaban J connectivity index is 2.25. The number of hydrogen-bond acceptors (Lipinski definition) is 3. The standard InChI is InChI=1S/C25H23BrO3S/c1-5-29-30(27)25-16(3)13-17-8-6-7-9-20(17)23(25)22-21-11-10-19(26)14-18(21)12-15(2)24(22)28-4/h6-14H,5H2,1-4H3. The van der Waals surface area contributed by atoms with Crippen molar-refractivity contribution < 1.29 is 13.1 Å². The number of ether oxygens (including phenoxy) is 1. The van der Waals surface area contributed by atoms with E-state index in [1.165, 1.54) is 0 Å². The molecule has 1 unspecified atom stereocenters. The van der Waals surface area contributed by atoms with Gasteiger partial charge in [-0.3, -0.25) is 4.18 Å². The van der Waals surface area contributed by atoms with Crippen molar-refractivity contribution in [1.29, 1.82) is 0 Å². The van der Waals surface area contributed by atoms with Gasteiger partial charge in [0.25, 0.3) is 0 Å². The van der Waals surface area contributed by atoms with Crippen LogP contribution in [0, 0.1) is 13.8 Å². The Labute approximate surface area is 187 Å². The summed E-state index contributed by atoms with van der Waals surface area (Å²) in [5.74, 6) is 0.787. The van der Waals surface area contributed by atoms with Gasteiger partial charge in [0.1, 0.15) is 5.75 Å². The lowest BCUT2D eigenvalue weighted by Crippen LogP contribution is -2.05. The van der Waals surface area contributed by atoms with E-state index in [4.69, 9.17) is 8.92 Å². The van der Waals surface area contributed by atoms with Gasteiger partial charge >= 0.3 is 0 Å². The van der Waals surface area contributed by atoms with Gasteiger partial charge in [0.15, 0.2) is 11.1 Å². The number of benzene rings is 4. The van der Waals surface area contributed by atoms with Crippen LogP contribution < -0.4 is 4.74 Å². The second-order valence-electron chi connectivity index (χ2n) is 7.23. The molecule has 30 heavy (non-hydrogen) atoms. The van der Waals surface area contributed by atoms with Gasteiger partial charge in [-0.2, -0.15) is 0 Å².